The van der Waals surface area contributed by atoms with E-state index < -0.39 is 21.9 Å². The fourth-order valence-electron chi connectivity index (χ4n) is 1.83. The van der Waals surface area contributed by atoms with Crippen LogP contribution in [0.5, 0.6) is 0 Å². The number of thiazole rings is 1. The van der Waals surface area contributed by atoms with E-state index in [0.717, 1.165) is 14.2 Å². The highest BCUT2D eigenvalue weighted by atomic mass is 32.2. The second-order valence-electron chi connectivity index (χ2n) is 4.54. The Morgan fingerprint density at radius 3 is 2.67 bits per heavy atom. The summed E-state index contributed by atoms with van der Waals surface area (Å²) in [7, 11) is -1.90. The average molecular weight is 369 g/mol. The molecule has 0 atom stereocenters. The first kappa shape index (κ1) is 17.9. The molecule has 2 rings (SSSR count). The molecule has 0 radical (unpaired) electrons. The third-order valence-electron chi connectivity index (χ3n) is 3.11. The number of nitrogens with one attached hydrogen (secondary N) is 1. The molecule has 2 aromatic rings. The summed E-state index contributed by atoms with van der Waals surface area (Å²) in [5.41, 5.74) is -0.132. The molecule has 0 bridgehead atoms. The lowest BCUT2D eigenvalue weighted by molar-refractivity contribution is -0.123. The van der Waals surface area contributed by atoms with Gasteiger partial charge in [0, 0.05) is 18.6 Å². The van der Waals surface area contributed by atoms with Crippen LogP contribution in [-0.2, 0) is 19.6 Å². The molecule has 128 valence electrons. The molecule has 1 aromatic carbocycles. The van der Waals surface area contributed by atoms with Gasteiger partial charge in [-0.3, -0.25) is 4.79 Å². The number of methoxy groups -OCH3 is 1. The number of rotatable bonds is 6. The van der Waals surface area contributed by atoms with Crippen LogP contribution in [0.15, 0.2) is 40.7 Å². The summed E-state index contributed by atoms with van der Waals surface area (Å²) in [6.07, 6.45) is 1.56. The normalized spacial score (nSPS) is 10.9. The Labute approximate surface area is 143 Å². The van der Waals surface area contributed by atoms with Gasteiger partial charge in [0.15, 0.2) is 5.13 Å². The summed E-state index contributed by atoms with van der Waals surface area (Å²) < 4.78 is 30.4. The molecule has 1 amide bonds. The van der Waals surface area contributed by atoms with Gasteiger partial charge in [-0.05, 0) is 12.1 Å². The molecule has 1 N–H and O–H groups in total. The lowest BCUT2D eigenvalue weighted by Crippen LogP contribution is -2.37. The molecule has 0 saturated heterocycles. The number of carbonyl (C=O) groups is 2. The molecular weight excluding hydrogens is 354 g/mol. The van der Waals surface area contributed by atoms with Crippen LogP contribution in [0.4, 0.5) is 5.13 Å². The number of esters is 1. The molecule has 0 aliphatic carbocycles. The van der Waals surface area contributed by atoms with Crippen LogP contribution in [-0.4, -0.2) is 50.3 Å². The summed E-state index contributed by atoms with van der Waals surface area (Å²) in [4.78, 5) is 27.6. The van der Waals surface area contributed by atoms with Crippen molar-refractivity contribution in [3.63, 3.8) is 0 Å². The Kier molecular flexibility index (Phi) is 5.52. The number of hydrogen-bond donors (Lipinski definition) is 1. The number of amides is 1. The zero-order valence-corrected chi connectivity index (χ0v) is 14.6. The van der Waals surface area contributed by atoms with Crippen molar-refractivity contribution in [2.75, 3.05) is 26.0 Å². The molecule has 8 nitrogen and oxygen atoms in total. The predicted molar refractivity (Wildman–Crippen MR) is 88.3 cm³/mol. The monoisotopic (exact) mass is 369 g/mol. The maximum atomic E-state index is 12.6. The van der Waals surface area contributed by atoms with Crippen molar-refractivity contribution in [2.24, 2.45) is 0 Å². The van der Waals surface area contributed by atoms with Crippen molar-refractivity contribution in [3.05, 3.63) is 41.4 Å². The summed E-state index contributed by atoms with van der Waals surface area (Å²) in [5, 5.41) is 4.96. The van der Waals surface area contributed by atoms with Crippen LogP contribution < -0.4 is 5.32 Å². The predicted octanol–water partition coefficient (Wildman–Crippen LogP) is 1.19. The Hall–Kier alpha value is -2.46. The maximum Gasteiger partial charge on any atom is 0.339 e. The molecule has 24 heavy (non-hydrogen) atoms. The SMILES string of the molecule is COC(=O)c1ccccc1S(=O)(=O)N(C)C(=O)CNc1nccs1. The summed E-state index contributed by atoms with van der Waals surface area (Å²) in [6, 6.07) is 5.55. The highest BCUT2D eigenvalue weighted by Gasteiger charge is 2.29. The first-order valence-corrected chi connectivity index (χ1v) is 9.02. The van der Waals surface area contributed by atoms with Gasteiger partial charge in [-0.2, -0.15) is 0 Å². The van der Waals surface area contributed by atoms with E-state index in [4.69, 9.17) is 0 Å². The lowest BCUT2D eigenvalue weighted by atomic mass is 10.2. The molecule has 0 saturated carbocycles. The first-order valence-electron chi connectivity index (χ1n) is 6.70. The van der Waals surface area contributed by atoms with Crippen LogP contribution >= 0.6 is 11.3 Å². The lowest BCUT2D eigenvalue weighted by Gasteiger charge is -2.19. The Morgan fingerprint density at radius 2 is 2.04 bits per heavy atom. The number of ether oxygens (including phenoxy) is 1. The van der Waals surface area contributed by atoms with Crippen LogP contribution in [0, 0.1) is 0 Å². The van der Waals surface area contributed by atoms with Gasteiger partial charge in [-0.15, -0.1) is 11.3 Å². The summed E-state index contributed by atoms with van der Waals surface area (Å²) in [6.45, 7) is -0.246. The second-order valence-corrected chi connectivity index (χ2v) is 7.38. The molecule has 0 spiro atoms. The van der Waals surface area contributed by atoms with Crippen molar-refractivity contribution in [3.8, 4) is 0 Å². The number of anilines is 1. The zero-order chi connectivity index (χ0) is 17.7. The molecule has 0 aliphatic rings. The molecule has 10 heteroatoms. The van der Waals surface area contributed by atoms with Crippen molar-refractivity contribution in [1.82, 2.24) is 9.29 Å². The highest BCUT2D eigenvalue weighted by Crippen LogP contribution is 2.20. The number of carbonyl (C=O) groups excluding carboxylic acids is 2. The number of hydrogen-bond acceptors (Lipinski definition) is 8. The van der Waals surface area contributed by atoms with E-state index in [1.165, 1.54) is 35.6 Å². The topological polar surface area (TPSA) is 106 Å². The minimum atomic E-state index is -4.19. The van der Waals surface area contributed by atoms with Crippen LogP contribution in [0.2, 0.25) is 0 Å². The van der Waals surface area contributed by atoms with E-state index in [1.807, 2.05) is 0 Å². The third-order valence-corrected chi connectivity index (χ3v) is 5.67. The van der Waals surface area contributed by atoms with Crippen LogP contribution in [0.3, 0.4) is 0 Å². The van der Waals surface area contributed by atoms with Gasteiger partial charge in [0.25, 0.3) is 15.9 Å². The Morgan fingerprint density at radius 1 is 1.33 bits per heavy atom. The van der Waals surface area contributed by atoms with Crippen molar-refractivity contribution in [1.29, 1.82) is 0 Å². The number of sulfonamides is 1. The highest BCUT2D eigenvalue weighted by molar-refractivity contribution is 7.89. The van der Waals surface area contributed by atoms with E-state index in [2.05, 4.69) is 15.0 Å². The van der Waals surface area contributed by atoms with Gasteiger partial charge in [0.2, 0.25) is 0 Å². The molecule has 0 fully saturated rings. The minimum Gasteiger partial charge on any atom is -0.465 e. The average Bonchev–Trinajstić information content (AvgIpc) is 3.11. The number of aromatic nitrogens is 1. The van der Waals surface area contributed by atoms with Gasteiger partial charge in [-0.25, -0.2) is 22.5 Å². The van der Waals surface area contributed by atoms with Crippen molar-refractivity contribution >= 4 is 38.4 Å². The van der Waals surface area contributed by atoms with Crippen LogP contribution in [0.25, 0.3) is 0 Å². The van der Waals surface area contributed by atoms with E-state index in [-0.39, 0.29) is 17.0 Å². The van der Waals surface area contributed by atoms with Gasteiger partial charge in [0.1, 0.15) is 4.90 Å². The summed E-state index contributed by atoms with van der Waals surface area (Å²) in [5.74, 6) is -1.49. The maximum absolute atomic E-state index is 12.6. The molecule has 0 unspecified atom stereocenters. The largest absolute Gasteiger partial charge is 0.465 e. The number of likely N-dealkylation sites (N-methyl/N-ethyl adjacent to an activating group) is 1. The molecule has 1 heterocycles. The number of benzene rings is 1. The Bertz CT molecular complexity index is 834. The Balaban J connectivity index is 2.23. The van der Waals surface area contributed by atoms with Gasteiger partial charge in [0.05, 0.1) is 19.2 Å². The standard InChI is InChI=1S/C14H15N3O5S2/c1-17(12(18)9-16-14-15-7-8-23-14)24(20,21)11-6-4-3-5-10(11)13(19)22-2/h3-8H,9H2,1-2H3,(H,15,16). The van der Waals surface area contributed by atoms with E-state index in [1.54, 1.807) is 11.6 Å². The van der Waals surface area contributed by atoms with Crippen molar-refractivity contribution in [2.45, 2.75) is 4.90 Å². The third kappa shape index (κ3) is 3.71. The van der Waals surface area contributed by atoms with E-state index in [0.29, 0.717) is 9.44 Å². The number of nitrogens with zero attached hydrogens (tertiary/aromatic N) is 2. The van der Waals surface area contributed by atoms with E-state index >= 15 is 0 Å². The summed E-state index contributed by atoms with van der Waals surface area (Å²) >= 11 is 1.29. The van der Waals surface area contributed by atoms with Gasteiger partial charge < -0.3 is 10.1 Å². The van der Waals surface area contributed by atoms with Gasteiger partial charge >= 0.3 is 5.97 Å². The van der Waals surface area contributed by atoms with Crippen LogP contribution in [0.1, 0.15) is 10.4 Å². The minimum absolute atomic E-state index is 0.132. The van der Waals surface area contributed by atoms with Gasteiger partial charge in [-0.1, -0.05) is 12.1 Å². The van der Waals surface area contributed by atoms with E-state index in [9.17, 15) is 18.0 Å². The van der Waals surface area contributed by atoms with Crippen molar-refractivity contribution < 1.29 is 22.7 Å². The fourth-order valence-corrected chi connectivity index (χ4v) is 3.66. The fraction of sp³-hybridized carbons (Fsp3) is 0.214. The molecular formula is C14H15N3O5S2. The first-order chi connectivity index (χ1) is 11.4. The zero-order valence-electron chi connectivity index (χ0n) is 12.9. The quantitative estimate of drug-likeness (QED) is 0.762. The second kappa shape index (κ2) is 7.41. The molecule has 0 aliphatic heterocycles. The smallest absolute Gasteiger partial charge is 0.339 e. The molecule has 1 aromatic heterocycles.